The Balaban J connectivity index is 2.31. The van der Waals surface area contributed by atoms with Crippen LogP contribution in [0.3, 0.4) is 0 Å². The summed E-state index contributed by atoms with van der Waals surface area (Å²) in [6.07, 6.45) is 5.77. The van der Waals surface area contributed by atoms with Gasteiger partial charge in [-0.05, 0) is 31.6 Å². The van der Waals surface area contributed by atoms with Crippen molar-refractivity contribution in [3.05, 3.63) is 0 Å². The van der Waals surface area contributed by atoms with Crippen LogP contribution < -0.4 is 5.73 Å². The SMILES string of the molecule is CC(C)[C@H](N)C(=O)OC1CCCCC1. The van der Waals surface area contributed by atoms with Crippen LogP contribution in [0, 0.1) is 5.92 Å². The van der Waals surface area contributed by atoms with E-state index in [1.165, 1.54) is 19.3 Å². The summed E-state index contributed by atoms with van der Waals surface area (Å²) in [6.45, 7) is 3.87. The number of rotatable bonds is 3. The van der Waals surface area contributed by atoms with E-state index in [-0.39, 0.29) is 18.0 Å². The van der Waals surface area contributed by atoms with Crippen LogP contribution in [0.5, 0.6) is 0 Å². The zero-order valence-corrected chi connectivity index (χ0v) is 9.16. The summed E-state index contributed by atoms with van der Waals surface area (Å²) < 4.78 is 5.35. The van der Waals surface area contributed by atoms with Gasteiger partial charge in [0.25, 0.3) is 0 Å². The second-order valence-electron chi connectivity index (χ2n) is 4.47. The molecule has 1 aliphatic rings. The van der Waals surface area contributed by atoms with Gasteiger partial charge in [0.05, 0.1) is 0 Å². The molecule has 0 bridgehead atoms. The topological polar surface area (TPSA) is 52.3 Å². The number of ether oxygens (including phenoxy) is 1. The first-order valence-corrected chi connectivity index (χ1v) is 5.57. The molecule has 1 rings (SSSR count). The van der Waals surface area contributed by atoms with Crippen molar-refractivity contribution in [3.8, 4) is 0 Å². The highest BCUT2D eigenvalue weighted by Gasteiger charge is 2.23. The fourth-order valence-corrected chi connectivity index (χ4v) is 1.70. The summed E-state index contributed by atoms with van der Waals surface area (Å²) >= 11 is 0. The molecule has 1 aliphatic carbocycles. The number of hydrogen-bond donors (Lipinski definition) is 1. The highest BCUT2D eigenvalue weighted by atomic mass is 16.5. The first-order valence-electron chi connectivity index (χ1n) is 5.57. The minimum Gasteiger partial charge on any atom is -0.461 e. The smallest absolute Gasteiger partial charge is 0.323 e. The van der Waals surface area contributed by atoms with Gasteiger partial charge in [-0.2, -0.15) is 0 Å². The molecule has 2 N–H and O–H groups in total. The summed E-state index contributed by atoms with van der Waals surface area (Å²) in [4.78, 5) is 11.5. The lowest BCUT2D eigenvalue weighted by Gasteiger charge is -2.24. The van der Waals surface area contributed by atoms with E-state index in [1.807, 2.05) is 13.8 Å². The van der Waals surface area contributed by atoms with Crippen molar-refractivity contribution in [3.63, 3.8) is 0 Å². The average molecular weight is 199 g/mol. The Morgan fingerprint density at radius 1 is 1.29 bits per heavy atom. The van der Waals surface area contributed by atoms with Crippen molar-refractivity contribution in [2.75, 3.05) is 0 Å². The molecule has 0 heterocycles. The van der Waals surface area contributed by atoms with Crippen molar-refractivity contribution in [2.45, 2.75) is 58.1 Å². The van der Waals surface area contributed by atoms with E-state index in [2.05, 4.69) is 0 Å². The predicted molar refractivity (Wildman–Crippen MR) is 55.8 cm³/mol. The quantitative estimate of drug-likeness (QED) is 0.706. The second kappa shape index (κ2) is 5.35. The summed E-state index contributed by atoms with van der Waals surface area (Å²) in [7, 11) is 0. The molecule has 0 aromatic rings. The van der Waals surface area contributed by atoms with Gasteiger partial charge in [-0.15, -0.1) is 0 Å². The first-order chi connectivity index (χ1) is 6.61. The third-order valence-corrected chi connectivity index (χ3v) is 2.83. The maximum atomic E-state index is 11.5. The van der Waals surface area contributed by atoms with Gasteiger partial charge in [-0.25, -0.2) is 0 Å². The van der Waals surface area contributed by atoms with E-state index in [1.54, 1.807) is 0 Å². The van der Waals surface area contributed by atoms with E-state index in [4.69, 9.17) is 10.5 Å². The number of carbonyl (C=O) groups is 1. The Morgan fingerprint density at radius 2 is 1.86 bits per heavy atom. The van der Waals surface area contributed by atoms with Crippen LogP contribution in [0.2, 0.25) is 0 Å². The number of carbonyl (C=O) groups excluding carboxylic acids is 1. The number of esters is 1. The predicted octanol–water partition coefficient (Wildman–Crippen LogP) is 1.85. The lowest BCUT2D eigenvalue weighted by molar-refractivity contribution is -0.153. The number of hydrogen-bond acceptors (Lipinski definition) is 3. The third kappa shape index (κ3) is 3.29. The molecule has 0 unspecified atom stereocenters. The molecule has 1 fully saturated rings. The maximum absolute atomic E-state index is 11.5. The average Bonchev–Trinajstić information content (AvgIpc) is 2.18. The minimum atomic E-state index is -0.461. The lowest BCUT2D eigenvalue weighted by atomic mass is 9.97. The van der Waals surface area contributed by atoms with Crippen LogP contribution >= 0.6 is 0 Å². The van der Waals surface area contributed by atoms with Gasteiger partial charge in [0.15, 0.2) is 0 Å². The van der Waals surface area contributed by atoms with Gasteiger partial charge in [0.2, 0.25) is 0 Å². The molecule has 0 aliphatic heterocycles. The Hall–Kier alpha value is -0.570. The molecule has 0 spiro atoms. The second-order valence-corrected chi connectivity index (χ2v) is 4.47. The molecule has 14 heavy (non-hydrogen) atoms. The Labute approximate surface area is 86.0 Å². The van der Waals surface area contributed by atoms with Crippen molar-refractivity contribution >= 4 is 5.97 Å². The van der Waals surface area contributed by atoms with Gasteiger partial charge in [-0.3, -0.25) is 4.79 Å². The highest BCUT2D eigenvalue weighted by Crippen LogP contribution is 2.20. The molecular weight excluding hydrogens is 178 g/mol. The normalized spacial score (nSPS) is 20.9. The Kier molecular flexibility index (Phi) is 4.39. The molecule has 3 heteroatoms. The molecule has 3 nitrogen and oxygen atoms in total. The Bertz CT molecular complexity index is 186. The van der Waals surface area contributed by atoms with Crippen molar-refractivity contribution in [2.24, 2.45) is 11.7 Å². The fourth-order valence-electron chi connectivity index (χ4n) is 1.70. The Morgan fingerprint density at radius 3 is 2.36 bits per heavy atom. The van der Waals surface area contributed by atoms with Crippen LogP contribution in [-0.2, 0) is 9.53 Å². The van der Waals surface area contributed by atoms with Crippen molar-refractivity contribution in [1.82, 2.24) is 0 Å². The van der Waals surface area contributed by atoms with E-state index in [0.717, 1.165) is 12.8 Å². The van der Waals surface area contributed by atoms with Gasteiger partial charge in [0, 0.05) is 0 Å². The summed E-state index contributed by atoms with van der Waals surface area (Å²) in [5.41, 5.74) is 5.70. The van der Waals surface area contributed by atoms with Gasteiger partial charge in [0.1, 0.15) is 12.1 Å². The highest BCUT2D eigenvalue weighted by molar-refractivity contribution is 5.75. The van der Waals surface area contributed by atoms with E-state index >= 15 is 0 Å². The molecule has 0 aromatic heterocycles. The molecule has 1 atom stereocenters. The van der Waals surface area contributed by atoms with Crippen LogP contribution in [0.25, 0.3) is 0 Å². The lowest BCUT2D eigenvalue weighted by Crippen LogP contribution is -2.39. The molecule has 0 saturated heterocycles. The van der Waals surface area contributed by atoms with Crippen molar-refractivity contribution in [1.29, 1.82) is 0 Å². The zero-order valence-electron chi connectivity index (χ0n) is 9.16. The first kappa shape index (κ1) is 11.5. The fraction of sp³-hybridized carbons (Fsp3) is 0.909. The molecular formula is C11H21NO2. The maximum Gasteiger partial charge on any atom is 0.323 e. The summed E-state index contributed by atoms with van der Waals surface area (Å²) in [6, 6.07) is -0.461. The summed E-state index contributed by atoms with van der Waals surface area (Å²) in [5.74, 6) is -0.0713. The monoisotopic (exact) mass is 199 g/mol. The molecule has 0 radical (unpaired) electrons. The van der Waals surface area contributed by atoms with Crippen LogP contribution in [0.4, 0.5) is 0 Å². The molecule has 0 aromatic carbocycles. The third-order valence-electron chi connectivity index (χ3n) is 2.83. The van der Waals surface area contributed by atoms with Crippen LogP contribution in [0.1, 0.15) is 46.0 Å². The largest absolute Gasteiger partial charge is 0.461 e. The van der Waals surface area contributed by atoms with Crippen LogP contribution in [0.15, 0.2) is 0 Å². The van der Waals surface area contributed by atoms with Gasteiger partial charge >= 0.3 is 5.97 Å². The molecule has 0 amide bonds. The summed E-state index contributed by atoms with van der Waals surface area (Å²) in [5, 5.41) is 0. The van der Waals surface area contributed by atoms with Crippen molar-refractivity contribution < 1.29 is 9.53 Å². The van der Waals surface area contributed by atoms with E-state index in [0.29, 0.717) is 0 Å². The van der Waals surface area contributed by atoms with Gasteiger partial charge < -0.3 is 10.5 Å². The van der Waals surface area contributed by atoms with Crippen LogP contribution in [-0.4, -0.2) is 18.1 Å². The zero-order chi connectivity index (χ0) is 10.6. The van der Waals surface area contributed by atoms with E-state index < -0.39 is 6.04 Å². The molecule has 82 valence electrons. The van der Waals surface area contributed by atoms with E-state index in [9.17, 15) is 4.79 Å². The van der Waals surface area contributed by atoms with Gasteiger partial charge in [-0.1, -0.05) is 20.3 Å². The minimum absolute atomic E-state index is 0.126. The standard InChI is InChI=1S/C11H21NO2/c1-8(2)10(12)11(13)14-9-6-4-3-5-7-9/h8-10H,3-7,12H2,1-2H3/t10-/m0/s1. The molecule has 1 saturated carbocycles. The number of nitrogens with two attached hydrogens (primary N) is 1.